The Kier molecular flexibility index (Phi) is 6.01. The fourth-order valence-electron chi connectivity index (χ4n) is 2.39. The zero-order valence-electron chi connectivity index (χ0n) is 14.6. The largest absolute Gasteiger partial charge is 0.433 e. The number of alkyl halides is 3. The average Bonchev–Trinajstić information content (AvgIpc) is 2.57. The maximum Gasteiger partial charge on any atom is 0.433 e. The van der Waals surface area contributed by atoms with Crippen molar-refractivity contribution >= 4 is 11.9 Å². The minimum absolute atomic E-state index is 0.0608. The number of morpholine rings is 1. The van der Waals surface area contributed by atoms with Gasteiger partial charge in [0, 0.05) is 26.3 Å². The minimum atomic E-state index is -4.59. The SMILES string of the molecule is Cc1cc(C(F)(F)F)nc(CNC(=O)N2CCO[C@H](C(=O)N(C)C)C2)n1. The van der Waals surface area contributed by atoms with Gasteiger partial charge in [-0.05, 0) is 13.0 Å². The first-order chi connectivity index (χ1) is 12.1. The van der Waals surface area contributed by atoms with E-state index >= 15 is 0 Å². The zero-order valence-corrected chi connectivity index (χ0v) is 14.6. The third-order valence-corrected chi connectivity index (χ3v) is 3.66. The predicted molar refractivity (Wildman–Crippen MR) is 84.0 cm³/mol. The molecule has 1 saturated heterocycles. The molecule has 2 rings (SSSR count). The topological polar surface area (TPSA) is 87.7 Å². The molecular weight excluding hydrogens is 355 g/mol. The summed E-state index contributed by atoms with van der Waals surface area (Å²) in [5, 5.41) is 2.48. The molecule has 0 radical (unpaired) electrons. The van der Waals surface area contributed by atoms with Crippen LogP contribution in [0.1, 0.15) is 17.2 Å². The van der Waals surface area contributed by atoms with Gasteiger partial charge in [0.25, 0.3) is 5.91 Å². The second kappa shape index (κ2) is 7.85. The van der Waals surface area contributed by atoms with E-state index in [1.54, 1.807) is 14.1 Å². The van der Waals surface area contributed by atoms with Gasteiger partial charge in [-0.3, -0.25) is 4.79 Å². The molecule has 1 fully saturated rings. The number of carbonyl (C=O) groups is 2. The molecule has 1 aliphatic heterocycles. The van der Waals surface area contributed by atoms with Crippen molar-refractivity contribution in [2.45, 2.75) is 25.7 Å². The Morgan fingerprint density at radius 2 is 2.08 bits per heavy atom. The van der Waals surface area contributed by atoms with Crippen molar-refractivity contribution in [3.05, 3.63) is 23.3 Å². The van der Waals surface area contributed by atoms with Gasteiger partial charge in [0.05, 0.1) is 19.7 Å². The number of carbonyl (C=O) groups excluding carboxylic acids is 2. The van der Waals surface area contributed by atoms with Crippen LogP contribution in [-0.2, 0) is 22.3 Å². The molecule has 26 heavy (non-hydrogen) atoms. The van der Waals surface area contributed by atoms with E-state index in [4.69, 9.17) is 4.74 Å². The lowest BCUT2D eigenvalue weighted by atomic mass is 10.2. The summed E-state index contributed by atoms with van der Waals surface area (Å²) in [6, 6.07) is 0.314. The smallest absolute Gasteiger partial charge is 0.365 e. The van der Waals surface area contributed by atoms with Crippen LogP contribution in [0, 0.1) is 6.92 Å². The number of rotatable bonds is 3. The van der Waals surface area contributed by atoms with E-state index in [2.05, 4.69) is 15.3 Å². The Hall–Kier alpha value is -2.43. The van der Waals surface area contributed by atoms with Gasteiger partial charge in [0.2, 0.25) is 0 Å². The molecule has 0 saturated carbocycles. The monoisotopic (exact) mass is 375 g/mol. The zero-order chi connectivity index (χ0) is 19.5. The second-order valence-corrected chi connectivity index (χ2v) is 6.01. The number of likely N-dealkylation sites (N-methyl/N-ethyl adjacent to an activating group) is 1. The number of hydrogen-bond donors (Lipinski definition) is 1. The van der Waals surface area contributed by atoms with Crippen LogP contribution < -0.4 is 5.32 Å². The van der Waals surface area contributed by atoms with Crippen molar-refractivity contribution in [1.82, 2.24) is 25.1 Å². The van der Waals surface area contributed by atoms with Gasteiger partial charge in [0.15, 0.2) is 6.10 Å². The van der Waals surface area contributed by atoms with E-state index in [0.717, 1.165) is 6.07 Å². The minimum Gasteiger partial charge on any atom is -0.365 e. The number of urea groups is 1. The second-order valence-electron chi connectivity index (χ2n) is 6.01. The lowest BCUT2D eigenvalue weighted by molar-refractivity contribution is -0.145. The third kappa shape index (κ3) is 5.04. The highest BCUT2D eigenvalue weighted by atomic mass is 19.4. The Balaban J connectivity index is 1.98. The van der Waals surface area contributed by atoms with Crippen molar-refractivity contribution in [1.29, 1.82) is 0 Å². The quantitative estimate of drug-likeness (QED) is 0.845. The normalized spacial score (nSPS) is 17.8. The molecular formula is C15H20F3N5O3. The fourth-order valence-corrected chi connectivity index (χ4v) is 2.39. The number of halogens is 3. The third-order valence-electron chi connectivity index (χ3n) is 3.66. The van der Waals surface area contributed by atoms with Gasteiger partial charge >= 0.3 is 12.2 Å². The van der Waals surface area contributed by atoms with Crippen LogP contribution >= 0.6 is 0 Å². The van der Waals surface area contributed by atoms with Crippen LogP contribution in [0.5, 0.6) is 0 Å². The molecule has 1 aromatic heterocycles. The van der Waals surface area contributed by atoms with Gasteiger partial charge < -0.3 is 19.9 Å². The highest BCUT2D eigenvalue weighted by Crippen LogP contribution is 2.27. The van der Waals surface area contributed by atoms with Crippen molar-refractivity contribution in [2.24, 2.45) is 0 Å². The Labute approximate surface area is 148 Å². The van der Waals surface area contributed by atoms with E-state index < -0.39 is 24.0 Å². The van der Waals surface area contributed by atoms with Crippen molar-refractivity contribution in [3.8, 4) is 0 Å². The van der Waals surface area contributed by atoms with Crippen LogP contribution in [0.15, 0.2) is 6.07 Å². The molecule has 0 spiro atoms. The van der Waals surface area contributed by atoms with Crippen LogP contribution in [0.4, 0.5) is 18.0 Å². The number of nitrogens with zero attached hydrogens (tertiary/aromatic N) is 4. The van der Waals surface area contributed by atoms with Gasteiger partial charge in [-0.1, -0.05) is 0 Å². The predicted octanol–water partition coefficient (Wildman–Crippen LogP) is 0.802. The highest BCUT2D eigenvalue weighted by Gasteiger charge is 2.33. The first kappa shape index (κ1) is 19.9. The van der Waals surface area contributed by atoms with Gasteiger partial charge in [0.1, 0.15) is 11.5 Å². The number of aryl methyl sites for hydroxylation is 1. The number of amides is 3. The van der Waals surface area contributed by atoms with E-state index in [-0.39, 0.29) is 43.7 Å². The molecule has 1 atom stereocenters. The summed E-state index contributed by atoms with van der Waals surface area (Å²) in [5.74, 6) is -0.404. The van der Waals surface area contributed by atoms with Gasteiger partial charge in [-0.25, -0.2) is 14.8 Å². The highest BCUT2D eigenvalue weighted by molar-refractivity contribution is 5.82. The standard InChI is InChI=1S/C15H20F3N5O3/c1-9-6-11(15(16,17)18)21-12(20-9)7-19-14(25)23-4-5-26-10(8-23)13(24)22(2)3/h6,10H,4-5,7-8H2,1-3H3,(H,19,25)/t10-/m0/s1. The molecule has 1 aliphatic rings. The van der Waals surface area contributed by atoms with Gasteiger partial charge in [-0.2, -0.15) is 13.2 Å². The Morgan fingerprint density at radius 3 is 2.69 bits per heavy atom. The van der Waals surface area contributed by atoms with E-state index in [0.29, 0.717) is 0 Å². The Bertz CT molecular complexity index is 681. The number of hydrogen-bond acceptors (Lipinski definition) is 5. The molecule has 0 aromatic carbocycles. The van der Waals surface area contributed by atoms with Crippen LogP contribution in [0.2, 0.25) is 0 Å². The lowest BCUT2D eigenvalue weighted by Crippen LogP contribution is -2.53. The summed E-state index contributed by atoms with van der Waals surface area (Å²) in [6.45, 7) is 1.68. The maximum atomic E-state index is 12.8. The summed E-state index contributed by atoms with van der Waals surface area (Å²) in [7, 11) is 3.16. The molecule has 8 nitrogen and oxygen atoms in total. The molecule has 0 aliphatic carbocycles. The summed E-state index contributed by atoms with van der Waals surface area (Å²) < 4.78 is 43.7. The summed E-state index contributed by atoms with van der Waals surface area (Å²) in [4.78, 5) is 34.2. The van der Waals surface area contributed by atoms with Crippen molar-refractivity contribution < 1.29 is 27.5 Å². The molecule has 144 valence electrons. The summed E-state index contributed by atoms with van der Waals surface area (Å²) in [6.07, 6.45) is -5.35. The molecule has 2 heterocycles. The van der Waals surface area contributed by atoms with E-state index in [1.807, 2.05) is 0 Å². The molecule has 1 N–H and O–H groups in total. The number of ether oxygens (including phenoxy) is 1. The van der Waals surface area contributed by atoms with E-state index in [1.165, 1.54) is 16.7 Å². The number of aromatic nitrogens is 2. The number of nitrogens with one attached hydrogen (secondary N) is 1. The maximum absolute atomic E-state index is 12.8. The van der Waals surface area contributed by atoms with E-state index in [9.17, 15) is 22.8 Å². The summed E-state index contributed by atoms with van der Waals surface area (Å²) in [5.41, 5.74) is -0.906. The van der Waals surface area contributed by atoms with Crippen LogP contribution in [-0.4, -0.2) is 71.6 Å². The first-order valence-electron chi connectivity index (χ1n) is 7.85. The molecule has 11 heteroatoms. The lowest BCUT2D eigenvalue weighted by Gasteiger charge is -2.33. The molecule has 0 unspecified atom stereocenters. The van der Waals surface area contributed by atoms with Crippen molar-refractivity contribution in [2.75, 3.05) is 33.8 Å². The first-order valence-corrected chi connectivity index (χ1v) is 7.85. The van der Waals surface area contributed by atoms with Gasteiger partial charge in [-0.15, -0.1) is 0 Å². The Morgan fingerprint density at radius 1 is 1.38 bits per heavy atom. The van der Waals surface area contributed by atoms with Crippen LogP contribution in [0.3, 0.4) is 0 Å². The van der Waals surface area contributed by atoms with Crippen LogP contribution in [0.25, 0.3) is 0 Å². The molecule has 1 aromatic rings. The average molecular weight is 375 g/mol. The molecule has 0 bridgehead atoms. The summed E-state index contributed by atoms with van der Waals surface area (Å²) >= 11 is 0. The molecule has 3 amide bonds. The fraction of sp³-hybridized carbons (Fsp3) is 0.600. The van der Waals surface area contributed by atoms with Crippen molar-refractivity contribution in [3.63, 3.8) is 0 Å².